The summed E-state index contributed by atoms with van der Waals surface area (Å²) in [6.07, 6.45) is -6.10. The lowest BCUT2D eigenvalue weighted by Crippen LogP contribution is -2.44. The minimum absolute atomic E-state index is 0.0185. The summed E-state index contributed by atoms with van der Waals surface area (Å²) >= 11 is 2.96. The summed E-state index contributed by atoms with van der Waals surface area (Å²) in [6, 6.07) is 2.79. The molecular weight excluding hydrogens is 604 g/mol. The number of aliphatic hydroxyl groups is 2. The fraction of sp³-hybridized carbons (Fsp3) is 0.412. The van der Waals surface area contributed by atoms with Gasteiger partial charge in [0, 0.05) is 18.8 Å². The van der Waals surface area contributed by atoms with E-state index in [1.165, 1.54) is 0 Å². The molecule has 0 amide bonds. The van der Waals surface area contributed by atoms with Crippen molar-refractivity contribution in [3.63, 3.8) is 0 Å². The molecule has 5 N–H and O–H groups in total. The molecule has 36 heavy (non-hydrogen) atoms. The van der Waals surface area contributed by atoms with Gasteiger partial charge < -0.3 is 29.6 Å². The quantitative estimate of drug-likeness (QED) is 0.237. The predicted octanol–water partition coefficient (Wildman–Crippen LogP) is 0.139. The molecule has 1 aromatic carbocycles. The largest absolute Gasteiger partial charge is 0.481 e. The average molecular weight is 623 g/mol. The lowest BCUT2D eigenvalue weighted by Gasteiger charge is -2.19. The summed E-state index contributed by atoms with van der Waals surface area (Å²) < 4.78 is 64.0. The van der Waals surface area contributed by atoms with E-state index in [2.05, 4.69) is 24.8 Å². The third-order valence-electron chi connectivity index (χ3n) is 5.00. The number of phosphoric acid groups is 2. The fourth-order valence-electron chi connectivity index (χ4n) is 3.35. The molecule has 1 aromatic heterocycles. The second kappa shape index (κ2) is 11.0. The van der Waals surface area contributed by atoms with Gasteiger partial charge in [0.15, 0.2) is 6.23 Å². The van der Waals surface area contributed by atoms with Gasteiger partial charge in [-0.25, -0.2) is 22.7 Å². The van der Waals surface area contributed by atoms with Crippen LogP contribution in [0.25, 0.3) is 0 Å². The molecule has 14 nitrogen and oxygen atoms in total. The molecule has 200 valence electrons. The minimum Gasteiger partial charge on any atom is -0.387 e. The lowest BCUT2D eigenvalue weighted by molar-refractivity contribution is -0.0549. The van der Waals surface area contributed by atoms with Crippen LogP contribution in [0.4, 0.5) is 8.78 Å². The summed E-state index contributed by atoms with van der Waals surface area (Å²) in [5, 5.41) is 20.6. The molecule has 1 saturated heterocycles. The molecule has 0 bridgehead atoms. The highest BCUT2D eigenvalue weighted by atomic mass is 79.9. The summed E-state index contributed by atoms with van der Waals surface area (Å²) in [7, 11) is -10.7. The van der Waals surface area contributed by atoms with E-state index >= 15 is 0 Å². The van der Waals surface area contributed by atoms with Crippen molar-refractivity contribution in [1.29, 1.82) is 0 Å². The maximum Gasteiger partial charge on any atom is 0.481 e. The zero-order valence-electron chi connectivity index (χ0n) is 17.8. The van der Waals surface area contributed by atoms with Gasteiger partial charge in [-0.3, -0.25) is 18.5 Å². The third-order valence-corrected chi connectivity index (χ3v) is 7.69. The van der Waals surface area contributed by atoms with E-state index in [0.29, 0.717) is 10.6 Å². The van der Waals surface area contributed by atoms with E-state index in [0.717, 1.165) is 22.9 Å². The molecule has 1 aliphatic rings. The Bertz CT molecular complexity index is 1350. The van der Waals surface area contributed by atoms with Gasteiger partial charge in [-0.1, -0.05) is 6.07 Å². The number of aryl methyl sites for hydroxylation is 1. The van der Waals surface area contributed by atoms with Crippen LogP contribution in [0, 0.1) is 11.6 Å². The number of aliphatic hydroxyl groups excluding tert-OH is 2. The highest BCUT2D eigenvalue weighted by Crippen LogP contribution is 2.57. The second-order valence-electron chi connectivity index (χ2n) is 7.49. The number of rotatable bonds is 9. The van der Waals surface area contributed by atoms with E-state index < -0.39 is 69.7 Å². The summed E-state index contributed by atoms with van der Waals surface area (Å²) in [4.78, 5) is 52.1. The van der Waals surface area contributed by atoms with Crippen LogP contribution in [0.3, 0.4) is 0 Å². The first-order chi connectivity index (χ1) is 16.6. The molecule has 1 aliphatic heterocycles. The van der Waals surface area contributed by atoms with Gasteiger partial charge in [-0.15, -0.1) is 0 Å². The summed E-state index contributed by atoms with van der Waals surface area (Å²) in [5.74, 6) is -1.70. The molecular formula is C17H19BrF2N2O12P2. The number of hydrogen-bond donors (Lipinski definition) is 5. The number of nitrogens with zero attached hydrogens (tertiary/aromatic N) is 2. The van der Waals surface area contributed by atoms with Crippen LogP contribution in [-0.4, -0.2) is 58.9 Å². The average Bonchev–Trinajstić information content (AvgIpc) is 3.03. The standard InChI is InChI=1S/C17H19BrF2N2O12P2/c18-10-6-22(17(26)21(15(10)25)4-3-8-1-2-9(19)5-11(8)20)16-14(24)13(23)12(33-16)7-32-36(30,31)34-35(27,28)29/h1-2,5-6,12-14,16,23-24H,3-4,7H2,(H,30,31)(H2,27,28,29)/t12-,13+,14?,16-/m1/s1. The Morgan fingerprint density at radius 3 is 2.39 bits per heavy atom. The SMILES string of the molecule is O=c1c(Br)cn([C@@H]2O[C@H](COP(=O)(O)OP(=O)(O)O)[C@H](O)C2O)c(=O)n1CCc1ccc(F)cc1F. The van der Waals surface area contributed by atoms with E-state index in [4.69, 9.17) is 14.5 Å². The van der Waals surface area contributed by atoms with E-state index in [1.54, 1.807) is 0 Å². The van der Waals surface area contributed by atoms with Gasteiger partial charge in [-0.05, 0) is 34.0 Å². The number of phosphoric ester groups is 1. The van der Waals surface area contributed by atoms with Crippen molar-refractivity contribution in [2.75, 3.05) is 6.61 Å². The minimum atomic E-state index is -5.41. The summed E-state index contributed by atoms with van der Waals surface area (Å²) in [6.45, 7) is -1.35. The zero-order chi connectivity index (χ0) is 27.0. The molecule has 5 atom stereocenters. The van der Waals surface area contributed by atoms with Gasteiger partial charge in [-0.2, -0.15) is 4.31 Å². The first kappa shape index (κ1) is 28.9. The van der Waals surface area contributed by atoms with Crippen molar-refractivity contribution in [1.82, 2.24) is 9.13 Å². The Balaban J connectivity index is 1.82. The Labute approximate surface area is 208 Å². The number of aromatic nitrogens is 2. The molecule has 0 radical (unpaired) electrons. The van der Waals surface area contributed by atoms with Crippen molar-refractivity contribution >= 4 is 31.6 Å². The van der Waals surface area contributed by atoms with E-state index in [-0.39, 0.29) is 23.0 Å². The second-order valence-corrected chi connectivity index (χ2v) is 11.2. The molecule has 3 rings (SSSR count). The molecule has 0 aliphatic carbocycles. The van der Waals surface area contributed by atoms with Crippen LogP contribution in [0.5, 0.6) is 0 Å². The maximum atomic E-state index is 13.9. The van der Waals surface area contributed by atoms with Crippen molar-refractivity contribution < 1.29 is 56.4 Å². The van der Waals surface area contributed by atoms with Gasteiger partial charge in [0.05, 0.1) is 11.1 Å². The molecule has 19 heteroatoms. The first-order valence-corrected chi connectivity index (χ1v) is 13.6. The molecule has 2 aromatic rings. The molecule has 2 unspecified atom stereocenters. The predicted molar refractivity (Wildman–Crippen MR) is 118 cm³/mol. The van der Waals surface area contributed by atoms with Gasteiger partial charge in [0.25, 0.3) is 5.56 Å². The topological polar surface area (TPSA) is 207 Å². The number of benzene rings is 1. The molecule has 0 saturated carbocycles. The van der Waals surface area contributed by atoms with Gasteiger partial charge in [0.1, 0.15) is 29.9 Å². The van der Waals surface area contributed by atoms with Crippen LogP contribution < -0.4 is 11.2 Å². The lowest BCUT2D eigenvalue weighted by atomic mass is 10.1. The smallest absolute Gasteiger partial charge is 0.387 e. The normalized spacial score (nSPS) is 24.1. The monoisotopic (exact) mass is 622 g/mol. The fourth-order valence-corrected chi connectivity index (χ4v) is 5.38. The van der Waals surface area contributed by atoms with Crippen LogP contribution in [-0.2, 0) is 35.7 Å². The zero-order valence-corrected chi connectivity index (χ0v) is 21.1. The van der Waals surface area contributed by atoms with Crippen molar-refractivity contribution in [3.8, 4) is 0 Å². The van der Waals surface area contributed by atoms with Gasteiger partial charge in [0.2, 0.25) is 0 Å². The Morgan fingerprint density at radius 1 is 1.11 bits per heavy atom. The van der Waals surface area contributed by atoms with Crippen LogP contribution in [0.15, 0.2) is 38.5 Å². The Morgan fingerprint density at radius 2 is 1.78 bits per heavy atom. The highest BCUT2D eigenvalue weighted by Gasteiger charge is 2.46. The van der Waals surface area contributed by atoms with Crippen molar-refractivity contribution in [3.05, 3.63) is 66.9 Å². The van der Waals surface area contributed by atoms with Crippen LogP contribution >= 0.6 is 31.6 Å². The Kier molecular flexibility index (Phi) is 8.85. The molecule has 0 spiro atoms. The highest BCUT2D eigenvalue weighted by molar-refractivity contribution is 9.10. The van der Waals surface area contributed by atoms with E-state index in [9.17, 15) is 42.6 Å². The third kappa shape index (κ3) is 6.82. The maximum absolute atomic E-state index is 13.9. The van der Waals surface area contributed by atoms with Crippen LogP contribution in [0.1, 0.15) is 11.8 Å². The van der Waals surface area contributed by atoms with Crippen LogP contribution in [0.2, 0.25) is 0 Å². The molecule has 1 fully saturated rings. The first-order valence-electron chi connectivity index (χ1n) is 9.81. The van der Waals surface area contributed by atoms with E-state index in [1.807, 2.05) is 0 Å². The molecule has 2 heterocycles. The van der Waals surface area contributed by atoms with Crippen molar-refractivity contribution in [2.45, 2.75) is 37.5 Å². The summed E-state index contributed by atoms with van der Waals surface area (Å²) in [5.41, 5.74) is -1.84. The number of hydrogen-bond acceptors (Lipinski definition) is 9. The number of halogens is 3. The number of ether oxygens (including phenoxy) is 1. The Hall–Kier alpha value is -1.62. The van der Waals surface area contributed by atoms with Gasteiger partial charge >= 0.3 is 21.3 Å². The van der Waals surface area contributed by atoms with Crippen molar-refractivity contribution in [2.24, 2.45) is 0 Å².